The minimum absolute atomic E-state index is 0.0202. The molecule has 0 spiro atoms. The van der Waals surface area contributed by atoms with E-state index in [1.807, 2.05) is 6.92 Å². The molecule has 0 aliphatic heterocycles. The van der Waals surface area contributed by atoms with E-state index in [-0.39, 0.29) is 18.4 Å². The minimum atomic E-state index is -0.0688. The number of hydrogen-bond acceptors (Lipinski definition) is 3. The molecule has 0 aliphatic rings. The van der Waals surface area contributed by atoms with Crippen LogP contribution in [0.5, 0.6) is 0 Å². The van der Waals surface area contributed by atoms with Crippen molar-refractivity contribution < 1.29 is 9.59 Å². The Morgan fingerprint density at radius 2 is 1.67 bits per heavy atom. The molecule has 5 heteroatoms. The maximum absolute atomic E-state index is 11.7. The van der Waals surface area contributed by atoms with Crippen molar-refractivity contribution in [2.75, 3.05) is 25.0 Å². The van der Waals surface area contributed by atoms with Crippen molar-refractivity contribution in [3.63, 3.8) is 0 Å². The van der Waals surface area contributed by atoms with Crippen molar-refractivity contribution >= 4 is 17.5 Å². The highest BCUT2D eigenvalue weighted by molar-refractivity contribution is 5.94. The third kappa shape index (κ3) is 6.79. The van der Waals surface area contributed by atoms with Crippen LogP contribution in [0.3, 0.4) is 0 Å². The lowest BCUT2D eigenvalue weighted by Crippen LogP contribution is -2.30. The topological polar surface area (TPSA) is 70.2 Å². The van der Waals surface area contributed by atoms with Gasteiger partial charge >= 0.3 is 0 Å². The molecule has 0 heterocycles. The zero-order chi connectivity index (χ0) is 15.5. The second kappa shape index (κ2) is 9.80. The van der Waals surface area contributed by atoms with Crippen LogP contribution in [-0.4, -0.2) is 31.4 Å². The van der Waals surface area contributed by atoms with Gasteiger partial charge in [-0.05, 0) is 37.1 Å². The third-order valence-corrected chi connectivity index (χ3v) is 2.99. The van der Waals surface area contributed by atoms with Gasteiger partial charge in [0.1, 0.15) is 0 Å². The van der Waals surface area contributed by atoms with E-state index in [9.17, 15) is 9.59 Å². The van der Waals surface area contributed by atoms with Gasteiger partial charge in [0.15, 0.2) is 0 Å². The molecule has 0 aliphatic carbocycles. The summed E-state index contributed by atoms with van der Waals surface area (Å²) in [5.41, 5.74) is 1.45. The number of carbonyl (C=O) groups is 2. The van der Waals surface area contributed by atoms with E-state index in [2.05, 4.69) is 22.9 Å². The maximum Gasteiger partial charge on any atom is 0.251 e. The third-order valence-electron chi connectivity index (χ3n) is 2.99. The van der Waals surface area contributed by atoms with Crippen LogP contribution >= 0.6 is 0 Å². The molecule has 0 atom stereocenters. The number of anilines is 1. The predicted molar refractivity (Wildman–Crippen MR) is 85.5 cm³/mol. The number of rotatable bonds is 9. The van der Waals surface area contributed by atoms with Crippen LogP contribution in [0.15, 0.2) is 24.3 Å². The normalized spacial score (nSPS) is 10.0. The van der Waals surface area contributed by atoms with Crippen LogP contribution in [0.2, 0.25) is 0 Å². The Bertz CT molecular complexity index is 443. The number of carbonyl (C=O) groups excluding carboxylic acids is 2. The van der Waals surface area contributed by atoms with Crippen LogP contribution in [-0.2, 0) is 4.79 Å². The maximum atomic E-state index is 11.7. The van der Waals surface area contributed by atoms with Gasteiger partial charge in [0.25, 0.3) is 5.91 Å². The largest absolute Gasteiger partial charge is 0.376 e. The molecule has 1 aromatic rings. The lowest BCUT2D eigenvalue weighted by Gasteiger charge is -2.08. The Balaban J connectivity index is 2.37. The van der Waals surface area contributed by atoms with Crippen molar-refractivity contribution in [3.05, 3.63) is 29.8 Å². The summed E-state index contributed by atoms with van der Waals surface area (Å²) in [6.45, 7) is 5.73. The molecule has 1 rings (SSSR count). The quantitative estimate of drug-likeness (QED) is 0.611. The van der Waals surface area contributed by atoms with E-state index in [4.69, 9.17) is 0 Å². The van der Waals surface area contributed by atoms with Gasteiger partial charge in [-0.25, -0.2) is 0 Å². The zero-order valence-corrected chi connectivity index (χ0v) is 12.9. The van der Waals surface area contributed by atoms with Crippen molar-refractivity contribution in [1.29, 1.82) is 0 Å². The van der Waals surface area contributed by atoms with Crippen LogP contribution in [0, 0.1) is 0 Å². The lowest BCUT2D eigenvalue weighted by atomic mass is 10.2. The molecule has 3 N–H and O–H groups in total. The van der Waals surface area contributed by atoms with Crippen LogP contribution < -0.4 is 16.0 Å². The fourth-order valence-corrected chi connectivity index (χ4v) is 1.73. The monoisotopic (exact) mass is 291 g/mol. The zero-order valence-electron chi connectivity index (χ0n) is 12.9. The van der Waals surface area contributed by atoms with Crippen molar-refractivity contribution in [2.45, 2.75) is 33.1 Å². The summed E-state index contributed by atoms with van der Waals surface area (Å²) >= 11 is 0. The summed E-state index contributed by atoms with van der Waals surface area (Å²) in [4.78, 5) is 23.3. The smallest absolute Gasteiger partial charge is 0.251 e. The number of unbranched alkanes of at least 4 members (excludes halogenated alkanes) is 1. The van der Waals surface area contributed by atoms with E-state index < -0.39 is 0 Å². The fourth-order valence-electron chi connectivity index (χ4n) is 1.73. The summed E-state index contributed by atoms with van der Waals surface area (Å²) in [6, 6.07) is 7.12. The van der Waals surface area contributed by atoms with Gasteiger partial charge in [-0.1, -0.05) is 20.3 Å². The molecule has 1 aromatic carbocycles. The SMILES string of the molecule is CCCCNC(=O)CNc1ccc(C(=O)NCCC)cc1. The van der Waals surface area contributed by atoms with E-state index in [0.29, 0.717) is 18.7 Å². The van der Waals surface area contributed by atoms with Crippen molar-refractivity contribution in [1.82, 2.24) is 10.6 Å². The van der Waals surface area contributed by atoms with E-state index in [1.54, 1.807) is 24.3 Å². The van der Waals surface area contributed by atoms with Gasteiger partial charge in [-0.15, -0.1) is 0 Å². The van der Waals surface area contributed by atoms with Crippen LogP contribution in [0.25, 0.3) is 0 Å². The molecule has 0 fully saturated rings. The molecule has 0 saturated heterocycles. The standard InChI is InChI=1S/C16H25N3O2/c1-3-5-11-17-15(20)12-19-14-8-6-13(7-9-14)16(21)18-10-4-2/h6-9,19H,3-5,10-12H2,1-2H3,(H,17,20)(H,18,21). The Morgan fingerprint density at radius 3 is 2.29 bits per heavy atom. The van der Waals surface area contributed by atoms with Gasteiger partial charge in [0.2, 0.25) is 5.91 Å². The van der Waals surface area contributed by atoms with E-state index >= 15 is 0 Å². The number of nitrogens with one attached hydrogen (secondary N) is 3. The number of amides is 2. The first kappa shape index (κ1) is 17.0. The molecule has 0 aromatic heterocycles. The Morgan fingerprint density at radius 1 is 0.952 bits per heavy atom. The fraction of sp³-hybridized carbons (Fsp3) is 0.500. The van der Waals surface area contributed by atoms with Gasteiger partial charge in [0.05, 0.1) is 6.54 Å². The highest BCUT2D eigenvalue weighted by atomic mass is 16.2. The number of benzene rings is 1. The van der Waals surface area contributed by atoms with Crippen LogP contribution in [0.4, 0.5) is 5.69 Å². The number of hydrogen-bond donors (Lipinski definition) is 3. The Hall–Kier alpha value is -2.04. The first-order valence-electron chi connectivity index (χ1n) is 7.56. The second-order valence-electron chi connectivity index (χ2n) is 4.89. The predicted octanol–water partition coefficient (Wildman–Crippen LogP) is 2.15. The molecule has 2 amide bonds. The molecule has 0 saturated carbocycles. The molecule has 116 valence electrons. The molecule has 0 radical (unpaired) electrons. The van der Waals surface area contributed by atoms with Gasteiger partial charge in [-0.2, -0.15) is 0 Å². The molecule has 0 unspecified atom stereocenters. The Kier molecular flexibility index (Phi) is 7.94. The molecular formula is C16H25N3O2. The van der Waals surface area contributed by atoms with Crippen molar-refractivity contribution in [3.8, 4) is 0 Å². The average Bonchev–Trinajstić information content (AvgIpc) is 2.51. The summed E-state index contributed by atoms with van der Waals surface area (Å²) < 4.78 is 0. The molecule has 21 heavy (non-hydrogen) atoms. The van der Waals surface area contributed by atoms with E-state index in [0.717, 1.165) is 24.9 Å². The second-order valence-corrected chi connectivity index (χ2v) is 4.89. The van der Waals surface area contributed by atoms with Gasteiger partial charge in [-0.3, -0.25) is 9.59 Å². The highest BCUT2D eigenvalue weighted by Gasteiger charge is 2.04. The molecule has 0 bridgehead atoms. The molecule has 5 nitrogen and oxygen atoms in total. The molecular weight excluding hydrogens is 266 g/mol. The van der Waals surface area contributed by atoms with Crippen molar-refractivity contribution in [2.24, 2.45) is 0 Å². The summed E-state index contributed by atoms with van der Waals surface area (Å²) in [5, 5.41) is 8.70. The summed E-state index contributed by atoms with van der Waals surface area (Å²) in [6.07, 6.45) is 2.97. The van der Waals surface area contributed by atoms with E-state index in [1.165, 1.54) is 0 Å². The summed E-state index contributed by atoms with van der Waals surface area (Å²) in [7, 11) is 0. The first-order chi connectivity index (χ1) is 10.2. The minimum Gasteiger partial charge on any atom is -0.376 e. The lowest BCUT2D eigenvalue weighted by molar-refractivity contribution is -0.119. The Labute approximate surface area is 126 Å². The van der Waals surface area contributed by atoms with Gasteiger partial charge in [0, 0.05) is 24.3 Å². The highest BCUT2D eigenvalue weighted by Crippen LogP contribution is 2.09. The first-order valence-corrected chi connectivity index (χ1v) is 7.56. The van der Waals surface area contributed by atoms with Gasteiger partial charge < -0.3 is 16.0 Å². The van der Waals surface area contributed by atoms with Crippen LogP contribution in [0.1, 0.15) is 43.5 Å². The summed E-state index contributed by atoms with van der Waals surface area (Å²) in [5.74, 6) is -0.0890. The average molecular weight is 291 g/mol.